The van der Waals surface area contributed by atoms with Gasteiger partial charge in [-0.05, 0) is 13.3 Å². The van der Waals surface area contributed by atoms with Gasteiger partial charge in [0, 0.05) is 25.7 Å². The van der Waals surface area contributed by atoms with Crippen LogP contribution in [0.1, 0.15) is 20.3 Å². The molecule has 2 atom stereocenters. The Morgan fingerprint density at radius 1 is 1.60 bits per heavy atom. The first-order valence-corrected chi connectivity index (χ1v) is 5.40. The smallest absolute Gasteiger partial charge is 0.249 e. The van der Waals surface area contributed by atoms with Gasteiger partial charge in [-0.3, -0.25) is 4.79 Å². The van der Waals surface area contributed by atoms with Crippen LogP contribution in [0.25, 0.3) is 0 Å². The van der Waals surface area contributed by atoms with Crippen LogP contribution >= 0.6 is 0 Å². The molecule has 0 bridgehead atoms. The van der Waals surface area contributed by atoms with E-state index in [1.165, 1.54) is 0 Å². The monoisotopic (exact) mass is 212 g/mol. The summed E-state index contributed by atoms with van der Waals surface area (Å²) < 4.78 is 0. The molecule has 0 spiro atoms. The normalized spacial score (nSPS) is 26.8. The van der Waals surface area contributed by atoms with E-state index in [9.17, 15) is 9.90 Å². The number of hydrogen-bond donors (Lipinski definition) is 2. The zero-order valence-electron chi connectivity index (χ0n) is 9.66. The van der Waals surface area contributed by atoms with Crippen LogP contribution < -0.4 is 5.32 Å². The van der Waals surface area contributed by atoms with Crippen molar-refractivity contribution in [1.29, 1.82) is 0 Å². The predicted octanol–water partition coefficient (Wildman–Crippen LogP) is 0.134. The van der Waals surface area contributed by atoms with E-state index in [1.807, 2.05) is 19.9 Å². The van der Waals surface area contributed by atoms with Crippen molar-refractivity contribution in [2.24, 2.45) is 0 Å². The molecule has 4 nitrogen and oxygen atoms in total. The van der Waals surface area contributed by atoms with Crippen molar-refractivity contribution in [2.75, 3.05) is 20.1 Å². The molecule has 1 aliphatic heterocycles. The fourth-order valence-electron chi connectivity index (χ4n) is 1.87. The molecule has 0 saturated carbocycles. The first kappa shape index (κ1) is 12.2. The third-order valence-electron chi connectivity index (χ3n) is 2.82. The number of nitrogens with zero attached hydrogens (tertiary/aromatic N) is 1. The highest BCUT2D eigenvalue weighted by molar-refractivity contribution is 5.92. The maximum absolute atomic E-state index is 11.9. The van der Waals surface area contributed by atoms with Crippen LogP contribution in [0.15, 0.2) is 11.6 Å². The molecule has 0 radical (unpaired) electrons. The van der Waals surface area contributed by atoms with Gasteiger partial charge in [0.2, 0.25) is 5.91 Å². The lowest BCUT2D eigenvalue weighted by Crippen LogP contribution is -2.44. The summed E-state index contributed by atoms with van der Waals surface area (Å²) in [6.07, 6.45) is 2.32. The van der Waals surface area contributed by atoms with E-state index in [1.54, 1.807) is 11.9 Å². The number of rotatable bonds is 3. The minimum atomic E-state index is -0.451. The number of nitrogens with one attached hydrogen (secondary N) is 1. The number of allylic oxidation sites excluding steroid dienone is 1. The maximum atomic E-state index is 11.9. The number of carbonyl (C=O) groups is 1. The number of aliphatic hydroxyl groups excluding tert-OH is 1. The van der Waals surface area contributed by atoms with Gasteiger partial charge < -0.3 is 15.3 Å². The Morgan fingerprint density at radius 3 is 2.73 bits per heavy atom. The van der Waals surface area contributed by atoms with Crippen LogP contribution in [-0.2, 0) is 4.79 Å². The number of amides is 1. The van der Waals surface area contributed by atoms with E-state index in [4.69, 9.17) is 0 Å². The molecule has 0 aromatic rings. The molecule has 2 N–H and O–H groups in total. The number of hydrogen-bond acceptors (Lipinski definition) is 3. The summed E-state index contributed by atoms with van der Waals surface area (Å²) in [6.45, 7) is 5.06. The van der Waals surface area contributed by atoms with Crippen LogP contribution in [0.2, 0.25) is 0 Å². The summed E-state index contributed by atoms with van der Waals surface area (Å²) in [5, 5.41) is 12.7. The van der Waals surface area contributed by atoms with E-state index in [-0.39, 0.29) is 11.9 Å². The summed E-state index contributed by atoms with van der Waals surface area (Å²) >= 11 is 0. The van der Waals surface area contributed by atoms with Gasteiger partial charge in [0.15, 0.2) is 0 Å². The third-order valence-corrected chi connectivity index (χ3v) is 2.82. The minimum Gasteiger partial charge on any atom is -0.390 e. The SMILES string of the molecule is CC/C=C(\C)C(=O)N(C)[C@@H]1CNC[C@H]1O. The highest BCUT2D eigenvalue weighted by atomic mass is 16.3. The van der Waals surface area contributed by atoms with E-state index < -0.39 is 6.10 Å². The van der Waals surface area contributed by atoms with Crippen molar-refractivity contribution in [3.63, 3.8) is 0 Å². The predicted molar refractivity (Wildman–Crippen MR) is 59.5 cm³/mol. The van der Waals surface area contributed by atoms with Crippen LogP contribution in [0.3, 0.4) is 0 Å². The number of likely N-dealkylation sites (N-methyl/N-ethyl adjacent to an activating group) is 1. The first-order chi connectivity index (χ1) is 7.07. The Kier molecular flexibility index (Phi) is 4.29. The first-order valence-electron chi connectivity index (χ1n) is 5.40. The highest BCUT2D eigenvalue weighted by Crippen LogP contribution is 2.11. The van der Waals surface area contributed by atoms with Gasteiger partial charge in [0.05, 0.1) is 12.1 Å². The van der Waals surface area contributed by atoms with Crippen LogP contribution in [0.5, 0.6) is 0 Å². The second-order valence-corrected chi connectivity index (χ2v) is 4.00. The molecule has 1 rings (SSSR count). The van der Waals surface area contributed by atoms with E-state index in [0.717, 1.165) is 12.0 Å². The van der Waals surface area contributed by atoms with Gasteiger partial charge in [-0.25, -0.2) is 0 Å². The van der Waals surface area contributed by atoms with Crippen LogP contribution in [-0.4, -0.2) is 48.2 Å². The lowest BCUT2D eigenvalue weighted by atomic mass is 10.1. The minimum absolute atomic E-state index is 0.00426. The van der Waals surface area contributed by atoms with E-state index >= 15 is 0 Å². The molecule has 1 aliphatic rings. The van der Waals surface area contributed by atoms with E-state index in [2.05, 4.69) is 5.32 Å². The van der Waals surface area contributed by atoms with Crippen molar-refractivity contribution in [2.45, 2.75) is 32.4 Å². The van der Waals surface area contributed by atoms with Crippen molar-refractivity contribution >= 4 is 5.91 Å². The highest BCUT2D eigenvalue weighted by Gasteiger charge is 2.31. The Hall–Kier alpha value is -0.870. The standard InChI is InChI=1S/C11H20N2O2/c1-4-5-8(2)11(15)13(3)9-6-12-7-10(9)14/h5,9-10,12,14H,4,6-7H2,1-3H3/b8-5+/t9-,10-/m1/s1. The molecule has 0 aromatic heterocycles. The van der Waals surface area contributed by atoms with Crippen molar-refractivity contribution in [3.8, 4) is 0 Å². The summed E-state index contributed by atoms with van der Waals surface area (Å²) in [5.41, 5.74) is 0.749. The average Bonchev–Trinajstić information content (AvgIpc) is 2.62. The van der Waals surface area contributed by atoms with Gasteiger partial charge in [-0.15, -0.1) is 0 Å². The molecule has 1 fully saturated rings. The fraction of sp³-hybridized carbons (Fsp3) is 0.727. The molecule has 0 unspecified atom stereocenters. The van der Waals surface area contributed by atoms with Crippen LogP contribution in [0.4, 0.5) is 0 Å². The average molecular weight is 212 g/mol. The summed E-state index contributed by atoms with van der Waals surface area (Å²) in [4.78, 5) is 13.5. The quantitative estimate of drug-likeness (QED) is 0.654. The number of aliphatic hydroxyl groups is 1. The molecule has 1 amide bonds. The lowest BCUT2D eigenvalue weighted by Gasteiger charge is -2.26. The molecule has 1 heterocycles. The zero-order chi connectivity index (χ0) is 11.4. The third kappa shape index (κ3) is 2.79. The largest absolute Gasteiger partial charge is 0.390 e. The molecule has 0 aliphatic carbocycles. The molecule has 0 aromatic carbocycles. The van der Waals surface area contributed by atoms with Crippen molar-refractivity contribution in [3.05, 3.63) is 11.6 Å². The zero-order valence-corrected chi connectivity index (χ0v) is 9.66. The Bertz CT molecular complexity index is 263. The maximum Gasteiger partial charge on any atom is 0.249 e. The fourth-order valence-corrected chi connectivity index (χ4v) is 1.87. The number of carbonyl (C=O) groups excluding carboxylic acids is 1. The molecular weight excluding hydrogens is 192 g/mol. The van der Waals surface area contributed by atoms with Crippen LogP contribution in [0, 0.1) is 0 Å². The topological polar surface area (TPSA) is 52.6 Å². The Morgan fingerprint density at radius 2 is 2.27 bits per heavy atom. The Balaban J connectivity index is 2.63. The molecule has 1 saturated heterocycles. The number of β-amino-alcohol motifs (C(OH)–C–C–N with tert-alkyl or cyclic N) is 1. The Labute approximate surface area is 91.0 Å². The second-order valence-electron chi connectivity index (χ2n) is 4.00. The van der Waals surface area contributed by atoms with Crippen molar-refractivity contribution < 1.29 is 9.90 Å². The van der Waals surface area contributed by atoms with Gasteiger partial charge in [0.25, 0.3) is 0 Å². The van der Waals surface area contributed by atoms with Crippen molar-refractivity contribution in [1.82, 2.24) is 10.2 Å². The van der Waals surface area contributed by atoms with Gasteiger partial charge in [-0.2, -0.15) is 0 Å². The molecular formula is C11H20N2O2. The van der Waals surface area contributed by atoms with Gasteiger partial charge in [0.1, 0.15) is 0 Å². The molecule has 4 heteroatoms. The molecule has 86 valence electrons. The summed E-state index contributed by atoms with van der Waals surface area (Å²) in [7, 11) is 1.75. The lowest BCUT2D eigenvalue weighted by molar-refractivity contribution is -0.129. The summed E-state index contributed by atoms with van der Waals surface area (Å²) in [5.74, 6) is 0.00426. The van der Waals surface area contributed by atoms with E-state index in [0.29, 0.717) is 13.1 Å². The second kappa shape index (κ2) is 5.28. The summed E-state index contributed by atoms with van der Waals surface area (Å²) in [6, 6.07) is -0.0993. The van der Waals surface area contributed by atoms with Gasteiger partial charge >= 0.3 is 0 Å². The molecule has 15 heavy (non-hydrogen) atoms. The van der Waals surface area contributed by atoms with Gasteiger partial charge in [-0.1, -0.05) is 13.0 Å².